The van der Waals surface area contributed by atoms with Gasteiger partial charge in [-0.15, -0.1) is 0 Å². The van der Waals surface area contributed by atoms with E-state index in [-0.39, 0.29) is 12.5 Å². The van der Waals surface area contributed by atoms with Crippen molar-refractivity contribution < 1.29 is 9.53 Å². The molecule has 2 aromatic rings. The van der Waals surface area contributed by atoms with Crippen molar-refractivity contribution in [2.24, 2.45) is 0 Å². The highest BCUT2D eigenvalue weighted by molar-refractivity contribution is 6.31. The van der Waals surface area contributed by atoms with E-state index in [2.05, 4.69) is 10.6 Å². The van der Waals surface area contributed by atoms with Gasteiger partial charge < -0.3 is 15.4 Å². The van der Waals surface area contributed by atoms with Crippen LogP contribution in [0.15, 0.2) is 48.5 Å². The Balaban J connectivity index is 1.78. The van der Waals surface area contributed by atoms with Crippen LogP contribution in [-0.4, -0.2) is 19.6 Å². The number of hydrogen-bond donors (Lipinski definition) is 2. The quantitative estimate of drug-likeness (QED) is 0.862. The molecule has 0 aliphatic heterocycles. The third-order valence-corrected chi connectivity index (χ3v) is 3.30. The van der Waals surface area contributed by atoms with E-state index in [9.17, 15) is 4.79 Å². The number of methoxy groups -OCH3 is 1. The second-order valence-electron chi connectivity index (χ2n) is 4.47. The molecule has 0 aliphatic rings. The molecule has 2 rings (SSSR count). The number of halogens is 1. The van der Waals surface area contributed by atoms with Crippen LogP contribution in [0.25, 0.3) is 0 Å². The lowest BCUT2D eigenvalue weighted by molar-refractivity contribution is -0.115. The van der Waals surface area contributed by atoms with Gasteiger partial charge in [0.2, 0.25) is 5.91 Å². The lowest BCUT2D eigenvalue weighted by atomic mass is 10.2. The minimum atomic E-state index is -0.104. The van der Waals surface area contributed by atoms with Gasteiger partial charge in [0.15, 0.2) is 0 Å². The molecule has 2 N–H and O–H groups in total. The van der Waals surface area contributed by atoms with Crippen molar-refractivity contribution >= 4 is 23.2 Å². The fraction of sp³-hybridized carbons (Fsp3) is 0.188. The average Bonchev–Trinajstić information content (AvgIpc) is 2.50. The largest absolute Gasteiger partial charge is 0.497 e. The Labute approximate surface area is 129 Å². The van der Waals surface area contributed by atoms with E-state index in [0.717, 1.165) is 17.0 Å². The lowest BCUT2D eigenvalue weighted by Crippen LogP contribution is -2.27. The van der Waals surface area contributed by atoms with E-state index in [1.54, 1.807) is 31.4 Å². The van der Waals surface area contributed by atoms with Crippen LogP contribution in [0.3, 0.4) is 0 Å². The minimum absolute atomic E-state index is 0.104. The second kappa shape index (κ2) is 7.67. The fourth-order valence-electron chi connectivity index (χ4n) is 1.83. The highest BCUT2D eigenvalue weighted by atomic mass is 35.5. The topological polar surface area (TPSA) is 50.4 Å². The van der Waals surface area contributed by atoms with Crippen LogP contribution in [0.1, 0.15) is 5.56 Å². The van der Waals surface area contributed by atoms with Crippen molar-refractivity contribution in [3.63, 3.8) is 0 Å². The van der Waals surface area contributed by atoms with Crippen LogP contribution in [0.2, 0.25) is 5.02 Å². The highest BCUT2D eigenvalue weighted by Crippen LogP contribution is 2.15. The predicted molar refractivity (Wildman–Crippen MR) is 84.8 cm³/mol. The number of anilines is 1. The molecule has 110 valence electrons. The Morgan fingerprint density at radius 3 is 2.52 bits per heavy atom. The first-order valence-electron chi connectivity index (χ1n) is 6.57. The third-order valence-electron chi connectivity index (χ3n) is 2.93. The molecule has 0 saturated heterocycles. The smallest absolute Gasteiger partial charge is 0.238 e. The molecule has 0 saturated carbocycles. The Bertz CT molecular complexity index is 599. The maximum Gasteiger partial charge on any atom is 0.238 e. The van der Waals surface area contributed by atoms with Gasteiger partial charge in [-0.3, -0.25) is 4.79 Å². The second-order valence-corrected chi connectivity index (χ2v) is 4.88. The van der Waals surface area contributed by atoms with Gasteiger partial charge in [-0.25, -0.2) is 0 Å². The number of amides is 1. The first kappa shape index (κ1) is 15.4. The van der Waals surface area contributed by atoms with Gasteiger partial charge in [0, 0.05) is 17.3 Å². The Morgan fingerprint density at radius 1 is 1.14 bits per heavy atom. The number of carbonyl (C=O) groups is 1. The van der Waals surface area contributed by atoms with Crippen molar-refractivity contribution in [2.75, 3.05) is 19.0 Å². The Kier molecular flexibility index (Phi) is 5.60. The number of rotatable bonds is 6. The van der Waals surface area contributed by atoms with Crippen LogP contribution in [0.5, 0.6) is 5.75 Å². The standard InChI is InChI=1S/C16H17ClN2O2/c1-21-14-8-6-13(7-9-14)19-16(20)11-18-10-12-4-2-3-5-15(12)17/h2-9,18H,10-11H2,1H3,(H,19,20). The summed E-state index contributed by atoms with van der Waals surface area (Å²) in [6.45, 7) is 0.771. The van der Waals surface area contributed by atoms with E-state index < -0.39 is 0 Å². The summed E-state index contributed by atoms with van der Waals surface area (Å²) in [6, 6.07) is 14.7. The van der Waals surface area contributed by atoms with Crippen molar-refractivity contribution in [1.82, 2.24) is 5.32 Å². The molecule has 0 atom stereocenters. The first-order chi connectivity index (χ1) is 10.2. The van der Waals surface area contributed by atoms with E-state index >= 15 is 0 Å². The maximum absolute atomic E-state index is 11.8. The average molecular weight is 305 g/mol. The van der Waals surface area contributed by atoms with Crippen LogP contribution < -0.4 is 15.4 Å². The summed E-state index contributed by atoms with van der Waals surface area (Å²) in [7, 11) is 1.60. The van der Waals surface area contributed by atoms with Gasteiger partial charge in [-0.1, -0.05) is 29.8 Å². The number of nitrogens with one attached hydrogen (secondary N) is 2. The Hall–Kier alpha value is -2.04. The maximum atomic E-state index is 11.8. The van der Waals surface area contributed by atoms with Gasteiger partial charge in [-0.05, 0) is 35.9 Å². The van der Waals surface area contributed by atoms with Crippen molar-refractivity contribution in [1.29, 1.82) is 0 Å². The zero-order valence-electron chi connectivity index (χ0n) is 11.7. The zero-order valence-corrected chi connectivity index (χ0v) is 12.5. The molecule has 2 aromatic carbocycles. The van der Waals surface area contributed by atoms with E-state index in [4.69, 9.17) is 16.3 Å². The van der Waals surface area contributed by atoms with Gasteiger partial charge in [0.05, 0.1) is 13.7 Å². The molecule has 0 aliphatic carbocycles. The highest BCUT2D eigenvalue weighted by Gasteiger charge is 2.03. The molecule has 0 aromatic heterocycles. The molecule has 0 spiro atoms. The third kappa shape index (κ3) is 4.77. The molecule has 0 unspecified atom stereocenters. The van der Waals surface area contributed by atoms with Gasteiger partial charge in [0.1, 0.15) is 5.75 Å². The summed E-state index contributed by atoms with van der Waals surface area (Å²) in [4.78, 5) is 11.8. The van der Waals surface area contributed by atoms with E-state index in [1.165, 1.54) is 0 Å². The minimum Gasteiger partial charge on any atom is -0.497 e. The van der Waals surface area contributed by atoms with Crippen molar-refractivity contribution in [2.45, 2.75) is 6.54 Å². The normalized spacial score (nSPS) is 10.2. The monoisotopic (exact) mass is 304 g/mol. The van der Waals surface area contributed by atoms with Crippen molar-refractivity contribution in [3.05, 3.63) is 59.1 Å². The molecular formula is C16H17ClN2O2. The zero-order chi connectivity index (χ0) is 15.1. The number of carbonyl (C=O) groups excluding carboxylic acids is 1. The van der Waals surface area contributed by atoms with E-state index in [1.807, 2.05) is 24.3 Å². The summed E-state index contributed by atoms with van der Waals surface area (Å²) < 4.78 is 5.06. The van der Waals surface area contributed by atoms with Crippen LogP contribution in [-0.2, 0) is 11.3 Å². The number of benzene rings is 2. The first-order valence-corrected chi connectivity index (χ1v) is 6.95. The summed E-state index contributed by atoms with van der Waals surface area (Å²) in [5.74, 6) is 0.650. The van der Waals surface area contributed by atoms with Crippen LogP contribution in [0.4, 0.5) is 5.69 Å². The summed E-state index contributed by atoms with van der Waals surface area (Å²) >= 11 is 6.05. The van der Waals surface area contributed by atoms with Crippen molar-refractivity contribution in [3.8, 4) is 5.75 Å². The molecular weight excluding hydrogens is 288 g/mol. The summed E-state index contributed by atoms with van der Waals surface area (Å²) in [5.41, 5.74) is 1.71. The molecule has 21 heavy (non-hydrogen) atoms. The SMILES string of the molecule is COc1ccc(NC(=O)CNCc2ccccc2Cl)cc1. The van der Waals surface area contributed by atoms with Gasteiger partial charge in [0.25, 0.3) is 0 Å². The lowest BCUT2D eigenvalue weighted by Gasteiger charge is -2.08. The Morgan fingerprint density at radius 2 is 1.86 bits per heavy atom. The molecule has 0 heterocycles. The number of hydrogen-bond acceptors (Lipinski definition) is 3. The molecule has 5 heteroatoms. The summed E-state index contributed by atoms with van der Waals surface area (Å²) in [5, 5.41) is 6.56. The summed E-state index contributed by atoms with van der Waals surface area (Å²) in [6.07, 6.45) is 0. The van der Waals surface area contributed by atoms with Crippen LogP contribution in [0, 0.1) is 0 Å². The molecule has 4 nitrogen and oxygen atoms in total. The van der Waals surface area contributed by atoms with Crippen LogP contribution >= 0.6 is 11.6 Å². The number of ether oxygens (including phenoxy) is 1. The molecule has 0 fully saturated rings. The van der Waals surface area contributed by atoms with E-state index in [0.29, 0.717) is 11.6 Å². The van der Waals surface area contributed by atoms with Gasteiger partial charge in [-0.2, -0.15) is 0 Å². The molecule has 0 bridgehead atoms. The van der Waals surface area contributed by atoms with Gasteiger partial charge >= 0.3 is 0 Å². The molecule has 0 radical (unpaired) electrons. The molecule has 1 amide bonds. The fourth-order valence-corrected chi connectivity index (χ4v) is 2.03. The predicted octanol–water partition coefficient (Wildman–Crippen LogP) is 3.08.